The molecule has 8 nitrogen and oxygen atoms in total. The molecule has 0 aliphatic rings. The minimum Gasteiger partial charge on any atom is -0.394 e. The Morgan fingerprint density at radius 1 is 1.22 bits per heavy atom. The SMILES string of the molecule is O=C(COCc1nc(-c2cccnc2)no1)N[C@H](CO)Cc1ccccc1. The zero-order valence-electron chi connectivity index (χ0n) is 14.6. The van der Waals surface area contributed by atoms with Gasteiger partial charge in [-0.15, -0.1) is 0 Å². The number of rotatable bonds is 9. The van der Waals surface area contributed by atoms with Gasteiger partial charge < -0.3 is 19.7 Å². The number of nitrogens with one attached hydrogen (secondary N) is 1. The van der Waals surface area contributed by atoms with Gasteiger partial charge >= 0.3 is 0 Å². The van der Waals surface area contributed by atoms with E-state index < -0.39 is 0 Å². The summed E-state index contributed by atoms with van der Waals surface area (Å²) in [6.45, 7) is -0.308. The van der Waals surface area contributed by atoms with Crippen LogP contribution in [0.25, 0.3) is 11.4 Å². The highest BCUT2D eigenvalue weighted by atomic mass is 16.5. The van der Waals surface area contributed by atoms with Gasteiger partial charge in [0, 0.05) is 18.0 Å². The maximum absolute atomic E-state index is 12.0. The topological polar surface area (TPSA) is 110 Å². The van der Waals surface area contributed by atoms with Crippen molar-refractivity contribution in [2.45, 2.75) is 19.1 Å². The van der Waals surface area contributed by atoms with E-state index in [0.29, 0.717) is 12.2 Å². The molecule has 8 heteroatoms. The molecule has 2 N–H and O–H groups in total. The van der Waals surface area contributed by atoms with Crippen LogP contribution in [0.3, 0.4) is 0 Å². The highest BCUT2D eigenvalue weighted by molar-refractivity contribution is 5.77. The van der Waals surface area contributed by atoms with Crippen molar-refractivity contribution in [3.8, 4) is 11.4 Å². The first-order valence-electron chi connectivity index (χ1n) is 8.49. The van der Waals surface area contributed by atoms with Gasteiger partial charge in [0.25, 0.3) is 5.89 Å². The lowest BCUT2D eigenvalue weighted by Gasteiger charge is -2.16. The molecule has 1 atom stereocenters. The number of benzene rings is 1. The molecule has 0 aliphatic carbocycles. The van der Waals surface area contributed by atoms with Crippen LogP contribution >= 0.6 is 0 Å². The van der Waals surface area contributed by atoms with Gasteiger partial charge in [-0.25, -0.2) is 0 Å². The number of aliphatic hydroxyl groups is 1. The summed E-state index contributed by atoms with van der Waals surface area (Å²) in [6, 6.07) is 12.9. The fourth-order valence-electron chi connectivity index (χ4n) is 2.49. The standard InChI is InChI=1S/C19H20N4O4/c24-11-16(9-14-5-2-1-3-6-14)21-17(25)12-26-13-18-22-19(23-27-18)15-7-4-8-20-10-15/h1-8,10,16,24H,9,11-13H2,(H,21,25)/t16-/m0/s1. The minimum atomic E-state index is -0.371. The molecular formula is C19H20N4O4. The molecule has 0 spiro atoms. The van der Waals surface area contributed by atoms with E-state index in [1.54, 1.807) is 18.5 Å². The molecule has 2 heterocycles. The molecule has 3 rings (SSSR count). The van der Waals surface area contributed by atoms with E-state index in [2.05, 4.69) is 20.4 Å². The van der Waals surface area contributed by atoms with Gasteiger partial charge in [-0.2, -0.15) is 4.98 Å². The van der Waals surface area contributed by atoms with Crippen molar-refractivity contribution in [1.82, 2.24) is 20.4 Å². The Bertz CT molecular complexity index is 839. The lowest BCUT2D eigenvalue weighted by Crippen LogP contribution is -2.40. The quantitative estimate of drug-likeness (QED) is 0.587. The van der Waals surface area contributed by atoms with Gasteiger partial charge in [-0.3, -0.25) is 9.78 Å². The van der Waals surface area contributed by atoms with E-state index >= 15 is 0 Å². The third kappa shape index (κ3) is 5.70. The first-order chi connectivity index (χ1) is 13.2. The Balaban J connectivity index is 1.43. The number of carbonyl (C=O) groups is 1. The molecule has 1 aromatic carbocycles. The number of ether oxygens (including phenoxy) is 1. The van der Waals surface area contributed by atoms with Crippen molar-refractivity contribution in [3.63, 3.8) is 0 Å². The summed E-state index contributed by atoms with van der Waals surface area (Å²) in [5.74, 6) is 0.357. The van der Waals surface area contributed by atoms with Crippen LogP contribution < -0.4 is 5.32 Å². The molecule has 140 valence electrons. The number of hydrogen-bond donors (Lipinski definition) is 2. The third-order valence-electron chi connectivity index (χ3n) is 3.76. The first-order valence-corrected chi connectivity index (χ1v) is 8.49. The van der Waals surface area contributed by atoms with Crippen molar-refractivity contribution in [1.29, 1.82) is 0 Å². The van der Waals surface area contributed by atoms with Crippen molar-refractivity contribution < 1.29 is 19.2 Å². The monoisotopic (exact) mass is 368 g/mol. The smallest absolute Gasteiger partial charge is 0.252 e. The largest absolute Gasteiger partial charge is 0.394 e. The highest BCUT2D eigenvalue weighted by Gasteiger charge is 2.13. The highest BCUT2D eigenvalue weighted by Crippen LogP contribution is 2.13. The Morgan fingerprint density at radius 2 is 2.07 bits per heavy atom. The molecule has 27 heavy (non-hydrogen) atoms. The van der Waals surface area contributed by atoms with Crippen molar-refractivity contribution in [3.05, 3.63) is 66.3 Å². The molecule has 0 fully saturated rings. The van der Waals surface area contributed by atoms with Crippen molar-refractivity contribution in [2.24, 2.45) is 0 Å². The predicted molar refractivity (Wildman–Crippen MR) is 96.3 cm³/mol. The Hall–Kier alpha value is -3.10. The Morgan fingerprint density at radius 3 is 2.81 bits per heavy atom. The molecular weight excluding hydrogens is 348 g/mol. The Kier molecular flexibility index (Phi) is 6.61. The molecule has 0 saturated heterocycles. The van der Waals surface area contributed by atoms with E-state index in [-0.39, 0.29) is 37.7 Å². The van der Waals surface area contributed by atoms with Crippen LogP contribution in [0.1, 0.15) is 11.5 Å². The van der Waals surface area contributed by atoms with Crippen LogP contribution in [-0.2, 0) is 22.6 Å². The van der Waals surface area contributed by atoms with Gasteiger partial charge in [0.2, 0.25) is 11.7 Å². The van der Waals surface area contributed by atoms with E-state index in [1.165, 1.54) is 0 Å². The van der Waals surface area contributed by atoms with Crippen LogP contribution in [0.15, 0.2) is 59.4 Å². The number of pyridine rings is 1. The molecule has 0 saturated carbocycles. The normalized spacial score (nSPS) is 11.9. The zero-order valence-corrected chi connectivity index (χ0v) is 14.6. The number of aromatic nitrogens is 3. The summed E-state index contributed by atoms with van der Waals surface area (Å²) in [6.07, 6.45) is 3.83. The molecule has 2 aromatic heterocycles. The molecule has 0 bridgehead atoms. The van der Waals surface area contributed by atoms with Crippen molar-refractivity contribution in [2.75, 3.05) is 13.2 Å². The molecule has 3 aromatic rings. The molecule has 1 amide bonds. The summed E-state index contributed by atoms with van der Waals surface area (Å²) < 4.78 is 10.4. The second kappa shape index (κ2) is 9.56. The summed E-state index contributed by atoms with van der Waals surface area (Å²) >= 11 is 0. The Labute approximate surface area is 156 Å². The maximum Gasteiger partial charge on any atom is 0.252 e. The van der Waals surface area contributed by atoms with Gasteiger partial charge in [0.15, 0.2) is 0 Å². The minimum absolute atomic E-state index is 0.0170. The zero-order chi connectivity index (χ0) is 18.9. The van der Waals surface area contributed by atoms with E-state index in [0.717, 1.165) is 11.1 Å². The summed E-state index contributed by atoms with van der Waals surface area (Å²) in [4.78, 5) is 20.2. The lowest BCUT2D eigenvalue weighted by atomic mass is 10.1. The van der Waals surface area contributed by atoms with E-state index in [9.17, 15) is 9.90 Å². The van der Waals surface area contributed by atoms with Crippen LogP contribution in [-0.4, -0.2) is 45.4 Å². The average Bonchev–Trinajstić information content (AvgIpc) is 3.18. The lowest BCUT2D eigenvalue weighted by molar-refractivity contribution is -0.127. The van der Waals surface area contributed by atoms with Gasteiger partial charge in [-0.1, -0.05) is 35.5 Å². The summed E-state index contributed by atoms with van der Waals surface area (Å²) in [5.41, 5.74) is 1.77. The second-order valence-electron chi connectivity index (χ2n) is 5.88. The first kappa shape index (κ1) is 18.7. The van der Waals surface area contributed by atoms with Crippen LogP contribution in [0.4, 0.5) is 0 Å². The van der Waals surface area contributed by atoms with Crippen LogP contribution in [0.5, 0.6) is 0 Å². The summed E-state index contributed by atoms with van der Waals surface area (Å²) in [7, 11) is 0. The average molecular weight is 368 g/mol. The second-order valence-corrected chi connectivity index (χ2v) is 5.88. The summed E-state index contributed by atoms with van der Waals surface area (Å²) in [5, 5.41) is 16.1. The van der Waals surface area contributed by atoms with Crippen molar-refractivity contribution >= 4 is 5.91 Å². The van der Waals surface area contributed by atoms with Gasteiger partial charge in [0.05, 0.1) is 12.6 Å². The molecule has 0 aliphatic heterocycles. The third-order valence-corrected chi connectivity index (χ3v) is 3.76. The number of hydrogen-bond acceptors (Lipinski definition) is 7. The van der Waals surface area contributed by atoms with Gasteiger partial charge in [-0.05, 0) is 24.1 Å². The number of aliphatic hydroxyl groups excluding tert-OH is 1. The van der Waals surface area contributed by atoms with Gasteiger partial charge in [0.1, 0.15) is 13.2 Å². The molecule has 0 unspecified atom stereocenters. The maximum atomic E-state index is 12.0. The fourth-order valence-corrected chi connectivity index (χ4v) is 2.49. The number of carbonyl (C=O) groups excluding carboxylic acids is 1. The fraction of sp³-hybridized carbons (Fsp3) is 0.263. The van der Waals surface area contributed by atoms with E-state index in [4.69, 9.17) is 9.26 Å². The molecule has 0 radical (unpaired) electrons. The van der Waals surface area contributed by atoms with E-state index in [1.807, 2.05) is 36.4 Å². The number of nitrogens with zero attached hydrogens (tertiary/aromatic N) is 3. The number of amides is 1. The predicted octanol–water partition coefficient (Wildman–Crippen LogP) is 1.37. The van der Waals surface area contributed by atoms with Crippen LogP contribution in [0.2, 0.25) is 0 Å². The van der Waals surface area contributed by atoms with Crippen LogP contribution in [0, 0.1) is 0 Å².